The predicted molar refractivity (Wildman–Crippen MR) is 56.6 cm³/mol. The van der Waals surface area contributed by atoms with Crippen molar-refractivity contribution in [2.75, 3.05) is 6.61 Å². The molecular weight excluding hydrogens is 230 g/mol. The Kier molecular flexibility index (Phi) is 4.75. The number of Topliss-reactive ketones (excluding diaryl/α,β-unsaturated/α-hetero) is 1. The van der Waals surface area contributed by atoms with E-state index in [1.165, 1.54) is 0 Å². The number of halogens is 2. The number of ketones is 1. The summed E-state index contributed by atoms with van der Waals surface area (Å²) in [6.07, 6.45) is -0.259. The highest BCUT2D eigenvalue weighted by molar-refractivity contribution is 5.97. The lowest BCUT2D eigenvalue weighted by atomic mass is 10.1. The fourth-order valence-electron chi connectivity index (χ4n) is 1.30. The molecule has 0 aliphatic rings. The van der Waals surface area contributed by atoms with Crippen molar-refractivity contribution < 1.29 is 23.1 Å². The number of hydrogen-bond donors (Lipinski definition) is 0. The molecule has 0 aliphatic heterocycles. The topological polar surface area (TPSA) is 43.4 Å². The molecule has 0 saturated carbocycles. The highest BCUT2D eigenvalue weighted by atomic mass is 19.1. The number of benzene rings is 1. The Morgan fingerprint density at radius 1 is 1.24 bits per heavy atom. The number of hydrogen-bond acceptors (Lipinski definition) is 3. The lowest BCUT2D eigenvalue weighted by Gasteiger charge is -2.03. The zero-order valence-electron chi connectivity index (χ0n) is 9.33. The second-order valence-electron chi connectivity index (χ2n) is 3.35. The molecule has 0 amide bonds. The summed E-state index contributed by atoms with van der Waals surface area (Å²) in [6.45, 7) is 1.89. The molecule has 0 fully saturated rings. The Morgan fingerprint density at radius 3 is 2.53 bits per heavy atom. The summed E-state index contributed by atoms with van der Waals surface area (Å²) in [5.41, 5.74) is -0.212. The van der Waals surface area contributed by atoms with Crippen LogP contribution in [-0.4, -0.2) is 18.4 Å². The van der Waals surface area contributed by atoms with Crippen molar-refractivity contribution in [3.63, 3.8) is 0 Å². The molecule has 0 saturated heterocycles. The Morgan fingerprint density at radius 2 is 1.94 bits per heavy atom. The van der Waals surface area contributed by atoms with Crippen molar-refractivity contribution in [2.45, 2.75) is 19.8 Å². The van der Waals surface area contributed by atoms with Crippen LogP contribution >= 0.6 is 0 Å². The van der Waals surface area contributed by atoms with E-state index in [0.29, 0.717) is 6.07 Å². The van der Waals surface area contributed by atoms with Gasteiger partial charge in [0.05, 0.1) is 18.6 Å². The summed E-state index contributed by atoms with van der Waals surface area (Å²) in [4.78, 5) is 22.5. The first kappa shape index (κ1) is 13.3. The van der Waals surface area contributed by atoms with Gasteiger partial charge in [0.1, 0.15) is 11.6 Å². The lowest BCUT2D eigenvalue weighted by Crippen LogP contribution is -2.09. The summed E-state index contributed by atoms with van der Waals surface area (Å²) < 4.78 is 30.4. The summed E-state index contributed by atoms with van der Waals surface area (Å²) >= 11 is 0. The van der Waals surface area contributed by atoms with Crippen LogP contribution in [0.3, 0.4) is 0 Å². The molecule has 17 heavy (non-hydrogen) atoms. The third-order valence-corrected chi connectivity index (χ3v) is 2.09. The number of ether oxygens (including phenoxy) is 1. The van der Waals surface area contributed by atoms with Crippen molar-refractivity contribution in [2.24, 2.45) is 0 Å². The van der Waals surface area contributed by atoms with Crippen molar-refractivity contribution >= 4 is 11.8 Å². The van der Waals surface area contributed by atoms with Crippen molar-refractivity contribution in [3.05, 3.63) is 35.4 Å². The van der Waals surface area contributed by atoms with Crippen LogP contribution in [0.15, 0.2) is 18.2 Å². The van der Waals surface area contributed by atoms with Gasteiger partial charge in [-0.3, -0.25) is 9.59 Å². The molecule has 0 atom stereocenters. The van der Waals surface area contributed by atoms with E-state index in [1.807, 2.05) is 0 Å². The number of carbonyl (C=O) groups excluding carboxylic acids is 2. The molecule has 0 aromatic heterocycles. The number of esters is 1. The second kappa shape index (κ2) is 6.08. The molecule has 1 aromatic carbocycles. The molecule has 1 rings (SSSR count). The van der Waals surface area contributed by atoms with Gasteiger partial charge in [-0.1, -0.05) is 0 Å². The third kappa shape index (κ3) is 3.94. The third-order valence-electron chi connectivity index (χ3n) is 2.09. The second-order valence-corrected chi connectivity index (χ2v) is 3.35. The lowest BCUT2D eigenvalue weighted by molar-refractivity contribution is -0.143. The van der Waals surface area contributed by atoms with Gasteiger partial charge in [0.15, 0.2) is 5.78 Å². The molecule has 0 bridgehead atoms. The van der Waals surface area contributed by atoms with E-state index in [2.05, 4.69) is 4.74 Å². The van der Waals surface area contributed by atoms with Crippen molar-refractivity contribution in [3.8, 4) is 0 Å². The van der Waals surface area contributed by atoms with Crippen LogP contribution in [0.4, 0.5) is 8.78 Å². The quantitative estimate of drug-likeness (QED) is 0.588. The predicted octanol–water partition coefficient (Wildman–Crippen LogP) is 2.49. The zero-order valence-corrected chi connectivity index (χ0v) is 9.33. The van der Waals surface area contributed by atoms with Gasteiger partial charge in [-0.2, -0.15) is 0 Å². The first-order valence-electron chi connectivity index (χ1n) is 5.18. The van der Waals surface area contributed by atoms with E-state index >= 15 is 0 Å². The SMILES string of the molecule is CCOC(=O)CCC(=O)c1ccc(F)cc1F. The Hall–Kier alpha value is -1.78. The maximum Gasteiger partial charge on any atom is 0.306 e. The molecule has 0 heterocycles. The van der Waals surface area contributed by atoms with Crippen LogP contribution < -0.4 is 0 Å². The molecule has 0 aliphatic carbocycles. The Labute approximate surface area is 97.4 Å². The van der Waals surface area contributed by atoms with Crippen LogP contribution in [0.2, 0.25) is 0 Å². The number of rotatable bonds is 5. The summed E-state index contributed by atoms with van der Waals surface area (Å²) in [7, 11) is 0. The maximum atomic E-state index is 13.2. The molecule has 0 unspecified atom stereocenters. The van der Waals surface area contributed by atoms with E-state index < -0.39 is 23.4 Å². The minimum atomic E-state index is -0.918. The van der Waals surface area contributed by atoms with Crippen LogP contribution in [0.5, 0.6) is 0 Å². The Bertz CT molecular complexity index is 430. The Balaban J connectivity index is 2.61. The molecule has 3 nitrogen and oxygen atoms in total. The average Bonchev–Trinajstić information content (AvgIpc) is 2.26. The van der Waals surface area contributed by atoms with Crippen LogP contribution in [0.25, 0.3) is 0 Å². The van der Waals surface area contributed by atoms with Crippen LogP contribution in [0, 0.1) is 11.6 Å². The summed E-state index contributed by atoms with van der Waals surface area (Å²) in [5.74, 6) is -2.72. The molecule has 1 aromatic rings. The average molecular weight is 242 g/mol. The van der Waals surface area contributed by atoms with E-state index in [9.17, 15) is 18.4 Å². The van der Waals surface area contributed by atoms with E-state index in [1.54, 1.807) is 6.92 Å². The molecule has 0 N–H and O–H groups in total. The molecular formula is C12H12F2O3. The first-order valence-corrected chi connectivity index (χ1v) is 5.18. The molecule has 92 valence electrons. The standard InChI is InChI=1S/C12H12F2O3/c1-2-17-12(16)6-5-11(15)9-4-3-8(13)7-10(9)14/h3-4,7H,2,5-6H2,1H3. The van der Waals surface area contributed by atoms with E-state index in [-0.39, 0.29) is 25.0 Å². The minimum absolute atomic E-state index is 0.108. The number of carbonyl (C=O) groups is 2. The monoisotopic (exact) mass is 242 g/mol. The highest BCUT2D eigenvalue weighted by Crippen LogP contribution is 2.12. The van der Waals surface area contributed by atoms with Gasteiger partial charge in [0, 0.05) is 12.5 Å². The maximum absolute atomic E-state index is 13.2. The van der Waals surface area contributed by atoms with Gasteiger partial charge < -0.3 is 4.74 Å². The fraction of sp³-hybridized carbons (Fsp3) is 0.333. The van der Waals surface area contributed by atoms with Crippen molar-refractivity contribution in [1.29, 1.82) is 0 Å². The van der Waals surface area contributed by atoms with Gasteiger partial charge in [0.2, 0.25) is 0 Å². The van der Waals surface area contributed by atoms with Gasteiger partial charge in [-0.15, -0.1) is 0 Å². The largest absolute Gasteiger partial charge is 0.466 e. The zero-order chi connectivity index (χ0) is 12.8. The first-order chi connectivity index (χ1) is 8.04. The van der Waals surface area contributed by atoms with Gasteiger partial charge in [0.25, 0.3) is 0 Å². The van der Waals surface area contributed by atoms with Crippen molar-refractivity contribution in [1.82, 2.24) is 0 Å². The molecule has 5 heteroatoms. The fourth-order valence-corrected chi connectivity index (χ4v) is 1.30. The van der Waals surface area contributed by atoms with Gasteiger partial charge in [-0.05, 0) is 19.1 Å². The van der Waals surface area contributed by atoms with Crippen LogP contribution in [0.1, 0.15) is 30.1 Å². The molecule has 0 radical (unpaired) electrons. The van der Waals surface area contributed by atoms with Crippen LogP contribution in [-0.2, 0) is 9.53 Å². The highest BCUT2D eigenvalue weighted by Gasteiger charge is 2.14. The van der Waals surface area contributed by atoms with Gasteiger partial charge >= 0.3 is 5.97 Å². The normalized spacial score (nSPS) is 10.1. The van der Waals surface area contributed by atoms with E-state index in [4.69, 9.17) is 0 Å². The van der Waals surface area contributed by atoms with Gasteiger partial charge in [-0.25, -0.2) is 8.78 Å². The minimum Gasteiger partial charge on any atom is -0.466 e. The van der Waals surface area contributed by atoms with E-state index in [0.717, 1.165) is 12.1 Å². The summed E-state index contributed by atoms with van der Waals surface area (Å²) in [5, 5.41) is 0. The smallest absolute Gasteiger partial charge is 0.306 e. The summed E-state index contributed by atoms with van der Waals surface area (Å²) in [6, 6.07) is 2.70. The molecule has 0 spiro atoms.